The molecule has 1 aromatic carbocycles. The van der Waals surface area contributed by atoms with Crippen LogP contribution in [0.15, 0.2) is 28.8 Å². The van der Waals surface area contributed by atoms with E-state index in [1.807, 2.05) is 24.3 Å². The minimum absolute atomic E-state index is 0.250. The maximum Gasteiger partial charge on any atom is 0.228 e. The molecular formula is C13H14N6O. The maximum absolute atomic E-state index is 5.71. The standard InChI is InChI=1S/C13H14N6O/c1-8-16-11(20-19-8)6-7-15-12-9-4-2-3-5-10(9)17-13(14)18-12/h2-5H,6-7H2,1H3,(H3,14,15,17,18). The number of hydrogen-bond acceptors (Lipinski definition) is 7. The summed E-state index contributed by atoms with van der Waals surface area (Å²) in [4.78, 5) is 12.6. The molecule has 3 aromatic rings. The van der Waals surface area contributed by atoms with Crippen LogP contribution < -0.4 is 11.1 Å². The van der Waals surface area contributed by atoms with Gasteiger partial charge in [-0.1, -0.05) is 17.3 Å². The van der Waals surface area contributed by atoms with Crippen molar-refractivity contribution >= 4 is 22.7 Å². The first-order valence-electron chi connectivity index (χ1n) is 6.28. The van der Waals surface area contributed by atoms with Crippen LogP contribution in [-0.4, -0.2) is 26.7 Å². The summed E-state index contributed by atoms with van der Waals surface area (Å²) >= 11 is 0. The van der Waals surface area contributed by atoms with E-state index in [1.165, 1.54) is 0 Å². The molecule has 2 heterocycles. The van der Waals surface area contributed by atoms with E-state index in [2.05, 4.69) is 25.4 Å². The number of benzene rings is 1. The number of nitrogen functional groups attached to an aromatic ring is 1. The van der Waals surface area contributed by atoms with E-state index in [1.54, 1.807) is 6.92 Å². The highest BCUT2D eigenvalue weighted by molar-refractivity contribution is 5.89. The van der Waals surface area contributed by atoms with Gasteiger partial charge in [0.05, 0.1) is 5.52 Å². The molecule has 7 nitrogen and oxygen atoms in total. The molecule has 0 amide bonds. The molecule has 0 aliphatic carbocycles. The van der Waals surface area contributed by atoms with Crippen molar-refractivity contribution in [1.82, 2.24) is 20.1 Å². The summed E-state index contributed by atoms with van der Waals surface area (Å²) in [5.41, 5.74) is 6.52. The SMILES string of the molecule is Cc1noc(CCNc2nc(N)nc3ccccc23)n1. The van der Waals surface area contributed by atoms with E-state index in [-0.39, 0.29) is 5.95 Å². The van der Waals surface area contributed by atoms with Crippen LogP contribution in [0.5, 0.6) is 0 Å². The third kappa shape index (κ3) is 2.51. The molecule has 102 valence electrons. The molecule has 0 saturated heterocycles. The lowest BCUT2D eigenvalue weighted by molar-refractivity contribution is 0.377. The summed E-state index contributed by atoms with van der Waals surface area (Å²) < 4.78 is 5.05. The van der Waals surface area contributed by atoms with Crippen molar-refractivity contribution in [2.24, 2.45) is 0 Å². The summed E-state index contributed by atoms with van der Waals surface area (Å²) in [7, 11) is 0. The van der Waals surface area contributed by atoms with Gasteiger partial charge in [-0.15, -0.1) is 0 Å². The average Bonchev–Trinajstić information content (AvgIpc) is 2.84. The van der Waals surface area contributed by atoms with Crippen molar-refractivity contribution in [2.45, 2.75) is 13.3 Å². The Balaban J connectivity index is 1.77. The van der Waals surface area contributed by atoms with Gasteiger partial charge in [0, 0.05) is 18.4 Å². The second-order valence-electron chi connectivity index (χ2n) is 4.36. The third-order valence-electron chi connectivity index (χ3n) is 2.82. The van der Waals surface area contributed by atoms with Crippen LogP contribution in [0.4, 0.5) is 11.8 Å². The smallest absolute Gasteiger partial charge is 0.228 e. The molecular weight excluding hydrogens is 256 g/mol. The van der Waals surface area contributed by atoms with Crippen LogP contribution >= 0.6 is 0 Å². The molecule has 0 bridgehead atoms. The van der Waals surface area contributed by atoms with Crippen LogP contribution in [0.3, 0.4) is 0 Å². The second kappa shape index (κ2) is 5.12. The van der Waals surface area contributed by atoms with Gasteiger partial charge in [0.1, 0.15) is 5.82 Å². The molecule has 3 N–H and O–H groups in total. The topological polar surface area (TPSA) is 103 Å². The molecule has 0 saturated carbocycles. The number of aryl methyl sites for hydroxylation is 1. The monoisotopic (exact) mass is 270 g/mol. The van der Waals surface area contributed by atoms with E-state index in [0.29, 0.717) is 30.5 Å². The normalized spacial score (nSPS) is 10.8. The van der Waals surface area contributed by atoms with Crippen LogP contribution in [0.25, 0.3) is 10.9 Å². The summed E-state index contributed by atoms with van der Waals surface area (Å²) in [6, 6.07) is 7.71. The van der Waals surface area contributed by atoms with Gasteiger partial charge in [0.2, 0.25) is 11.8 Å². The first-order valence-corrected chi connectivity index (χ1v) is 6.28. The number of anilines is 2. The number of para-hydroxylation sites is 1. The molecule has 0 aliphatic heterocycles. The van der Waals surface area contributed by atoms with Gasteiger partial charge in [-0.25, -0.2) is 4.98 Å². The molecule has 0 radical (unpaired) electrons. The fourth-order valence-electron chi connectivity index (χ4n) is 1.96. The van der Waals surface area contributed by atoms with Gasteiger partial charge < -0.3 is 15.6 Å². The summed E-state index contributed by atoms with van der Waals surface area (Å²) in [5.74, 6) is 2.20. The van der Waals surface area contributed by atoms with Gasteiger partial charge in [-0.05, 0) is 19.1 Å². The number of nitrogens with zero attached hydrogens (tertiary/aromatic N) is 4. The Morgan fingerprint density at radius 2 is 2.05 bits per heavy atom. The highest BCUT2D eigenvalue weighted by Crippen LogP contribution is 2.20. The van der Waals surface area contributed by atoms with Gasteiger partial charge in [-0.2, -0.15) is 9.97 Å². The lowest BCUT2D eigenvalue weighted by atomic mass is 10.2. The maximum atomic E-state index is 5.71. The van der Waals surface area contributed by atoms with Gasteiger partial charge >= 0.3 is 0 Å². The minimum Gasteiger partial charge on any atom is -0.369 e. The predicted molar refractivity (Wildman–Crippen MR) is 75.2 cm³/mol. The van der Waals surface area contributed by atoms with Crippen molar-refractivity contribution in [2.75, 3.05) is 17.6 Å². The molecule has 0 atom stereocenters. The number of fused-ring (bicyclic) bond motifs is 1. The van der Waals surface area contributed by atoms with Crippen molar-refractivity contribution < 1.29 is 4.52 Å². The molecule has 2 aromatic heterocycles. The Morgan fingerprint density at radius 1 is 1.20 bits per heavy atom. The Labute approximate surface area is 115 Å². The van der Waals surface area contributed by atoms with Crippen LogP contribution in [0.2, 0.25) is 0 Å². The Hall–Kier alpha value is -2.70. The van der Waals surface area contributed by atoms with Gasteiger partial charge in [0.15, 0.2) is 5.82 Å². The van der Waals surface area contributed by atoms with Crippen LogP contribution in [0.1, 0.15) is 11.7 Å². The first-order chi connectivity index (χ1) is 9.72. The van der Waals surface area contributed by atoms with E-state index in [9.17, 15) is 0 Å². The first kappa shape index (κ1) is 12.3. The van der Waals surface area contributed by atoms with E-state index in [4.69, 9.17) is 10.3 Å². The Morgan fingerprint density at radius 3 is 2.85 bits per heavy atom. The lowest BCUT2D eigenvalue weighted by Gasteiger charge is -2.08. The quantitative estimate of drug-likeness (QED) is 0.741. The van der Waals surface area contributed by atoms with Gasteiger partial charge in [-0.3, -0.25) is 0 Å². The Kier molecular flexibility index (Phi) is 3.16. The number of nitrogens with two attached hydrogens (primary N) is 1. The lowest BCUT2D eigenvalue weighted by Crippen LogP contribution is -2.09. The van der Waals surface area contributed by atoms with E-state index < -0.39 is 0 Å². The second-order valence-corrected chi connectivity index (χ2v) is 4.36. The van der Waals surface area contributed by atoms with E-state index in [0.717, 1.165) is 10.9 Å². The zero-order chi connectivity index (χ0) is 13.9. The largest absolute Gasteiger partial charge is 0.369 e. The molecule has 0 spiro atoms. The molecule has 20 heavy (non-hydrogen) atoms. The number of aromatic nitrogens is 4. The molecule has 0 unspecified atom stereocenters. The zero-order valence-electron chi connectivity index (χ0n) is 11.0. The van der Waals surface area contributed by atoms with Crippen molar-refractivity contribution in [1.29, 1.82) is 0 Å². The van der Waals surface area contributed by atoms with Crippen molar-refractivity contribution in [3.8, 4) is 0 Å². The predicted octanol–water partition coefficient (Wildman–Crippen LogP) is 1.56. The van der Waals surface area contributed by atoms with Crippen LogP contribution in [0, 0.1) is 6.92 Å². The molecule has 0 aliphatic rings. The minimum atomic E-state index is 0.250. The van der Waals surface area contributed by atoms with Gasteiger partial charge in [0.25, 0.3) is 0 Å². The molecule has 7 heteroatoms. The number of nitrogens with one attached hydrogen (secondary N) is 1. The Bertz CT molecular complexity index is 739. The fraction of sp³-hybridized carbons (Fsp3) is 0.231. The average molecular weight is 270 g/mol. The van der Waals surface area contributed by atoms with Crippen molar-refractivity contribution in [3.63, 3.8) is 0 Å². The highest BCUT2D eigenvalue weighted by Gasteiger charge is 2.06. The molecule has 0 fully saturated rings. The summed E-state index contributed by atoms with van der Waals surface area (Å²) in [6.07, 6.45) is 0.624. The zero-order valence-corrected chi connectivity index (χ0v) is 11.0. The van der Waals surface area contributed by atoms with Crippen LogP contribution in [-0.2, 0) is 6.42 Å². The van der Waals surface area contributed by atoms with Crippen molar-refractivity contribution in [3.05, 3.63) is 36.0 Å². The fourth-order valence-corrected chi connectivity index (χ4v) is 1.96. The summed E-state index contributed by atoms with van der Waals surface area (Å²) in [6.45, 7) is 2.42. The number of rotatable bonds is 4. The molecule has 3 rings (SSSR count). The highest BCUT2D eigenvalue weighted by atomic mass is 16.5. The summed E-state index contributed by atoms with van der Waals surface area (Å²) in [5, 5.41) is 7.91. The third-order valence-corrected chi connectivity index (χ3v) is 2.82. The number of hydrogen-bond donors (Lipinski definition) is 2. The van der Waals surface area contributed by atoms with E-state index >= 15 is 0 Å².